The molecule has 32 heavy (non-hydrogen) atoms. The van der Waals surface area contributed by atoms with Crippen LogP contribution in [0.3, 0.4) is 0 Å². The molecule has 10 heteroatoms. The Bertz CT molecular complexity index is 1170. The molecule has 0 aliphatic rings. The molecular weight excluding hydrogens is 447 g/mol. The number of aromatic nitrogens is 1. The fourth-order valence-corrected chi connectivity index (χ4v) is 3.22. The van der Waals surface area contributed by atoms with Gasteiger partial charge in [0.15, 0.2) is 17.4 Å². The highest BCUT2D eigenvalue weighted by Gasteiger charge is 2.21. The number of carbonyl (C=O) groups is 2. The number of hydrogen-bond donors (Lipinski definition) is 1. The second-order valence-electron chi connectivity index (χ2n) is 6.64. The average molecular weight is 464 g/mol. The van der Waals surface area contributed by atoms with E-state index < -0.39 is 35.0 Å². The fourth-order valence-electron chi connectivity index (χ4n) is 3.03. The molecule has 2 aromatic carbocycles. The van der Waals surface area contributed by atoms with Gasteiger partial charge in [-0.3, -0.25) is 14.5 Å². The van der Waals surface area contributed by atoms with Crippen LogP contribution in [0, 0.1) is 17.5 Å². The summed E-state index contributed by atoms with van der Waals surface area (Å²) in [6.07, 6.45) is 1.12. The maximum absolute atomic E-state index is 14.2. The minimum absolute atomic E-state index is 0.0167. The molecule has 0 aliphatic heterocycles. The second kappa shape index (κ2) is 9.69. The maximum Gasteiger partial charge on any atom is 0.229 e. The number of pyridine rings is 1. The molecule has 1 N–H and O–H groups in total. The number of amides is 2. The molecule has 0 bridgehead atoms. The first-order valence-electron chi connectivity index (χ1n) is 9.23. The molecule has 0 saturated carbocycles. The van der Waals surface area contributed by atoms with Crippen LogP contribution in [0.1, 0.15) is 12.5 Å². The SMILES string of the molecule is COc1c(F)cc(N(C(C)=O)c2cc(NC(=O)Cc3cccc(F)c3Cl)ccn2)cc1F. The molecule has 0 atom stereocenters. The van der Waals surface area contributed by atoms with E-state index in [9.17, 15) is 22.8 Å². The first-order valence-corrected chi connectivity index (χ1v) is 9.61. The zero-order valence-electron chi connectivity index (χ0n) is 17.0. The van der Waals surface area contributed by atoms with Gasteiger partial charge in [-0.2, -0.15) is 0 Å². The third-order valence-corrected chi connectivity index (χ3v) is 4.82. The maximum atomic E-state index is 14.2. The van der Waals surface area contributed by atoms with Gasteiger partial charge in [0, 0.05) is 37.0 Å². The van der Waals surface area contributed by atoms with Gasteiger partial charge in [0.1, 0.15) is 11.6 Å². The normalized spacial score (nSPS) is 10.6. The lowest BCUT2D eigenvalue weighted by molar-refractivity contribution is -0.116. The second-order valence-corrected chi connectivity index (χ2v) is 7.02. The van der Waals surface area contributed by atoms with E-state index >= 15 is 0 Å². The van der Waals surface area contributed by atoms with Crippen molar-refractivity contribution in [3.63, 3.8) is 0 Å². The summed E-state index contributed by atoms with van der Waals surface area (Å²) in [7, 11) is 1.12. The van der Waals surface area contributed by atoms with Gasteiger partial charge in [-0.1, -0.05) is 23.7 Å². The predicted octanol–water partition coefficient (Wildman–Crippen LogP) is 5.03. The lowest BCUT2D eigenvalue weighted by atomic mass is 10.1. The van der Waals surface area contributed by atoms with Crippen molar-refractivity contribution >= 4 is 40.6 Å². The Labute approximate surface area is 186 Å². The Balaban J connectivity index is 1.87. The molecule has 2 amide bonds. The summed E-state index contributed by atoms with van der Waals surface area (Å²) in [6, 6.07) is 8.82. The molecule has 6 nitrogen and oxygen atoms in total. The lowest BCUT2D eigenvalue weighted by Gasteiger charge is -2.21. The molecule has 1 heterocycles. The Morgan fingerprint density at radius 2 is 1.78 bits per heavy atom. The van der Waals surface area contributed by atoms with E-state index in [4.69, 9.17) is 11.6 Å². The summed E-state index contributed by atoms with van der Waals surface area (Å²) in [5.74, 6) is -4.26. The van der Waals surface area contributed by atoms with Gasteiger partial charge in [0.25, 0.3) is 0 Å². The van der Waals surface area contributed by atoms with Crippen molar-refractivity contribution in [1.82, 2.24) is 4.98 Å². The van der Waals surface area contributed by atoms with Crippen LogP contribution in [0.25, 0.3) is 0 Å². The van der Waals surface area contributed by atoms with Crippen LogP contribution in [-0.4, -0.2) is 23.9 Å². The van der Waals surface area contributed by atoms with Crippen molar-refractivity contribution in [3.05, 3.63) is 76.7 Å². The van der Waals surface area contributed by atoms with Crippen molar-refractivity contribution < 1.29 is 27.5 Å². The average Bonchev–Trinajstić information content (AvgIpc) is 2.71. The minimum atomic E-state index is -0.995. The standard InChI is InChI=1S/C22H17ClF3N3O3/c1-12(30)29(15-10-17(25)22(32-2)18(26)11-15)19-9-14(6-7-27-19)28-20(31)8-13-4-3-5-16(24)21(13)23/h3-7,9-11H,8H2,1-2H3,(H,27,28,31). The largest absolute Gasteiger partial charge is 0.491 e. The van der Waals surface area contributed by atoms with E-state index in [1.807, 2.05) is 0 Å². The van der Waals surface area contributed by atoms with Gasteiger partial charge in [0.2, 0.25) is 11.8 Å². The van der Waals surface area contributed by atoms with Crippen LogP contribution in [0.5, 0.6) is 5.75 Å². The molecule has 0 unspecified atom stereocenters. The molecule has 166 valence electrons. The third kappa shape index (κ3) is 5.00. The van der Waals surface area contributed by atoms with Gasteiger partial charge in [-0.15, -0.1) is 0 Å². The first-order chi connectivity index (χ1) is 15.2. The predicted molar refractivity (Wildman–Crippen MR) is 114 cm³/mol. The van der Waals surface area contributed by atoms with Gasteiger partial charge in [-0.25, -0.2) is 18.2 Å². The smallest absolute Gasteiger partial charge is 0.229 e. The number of ether oxygens (including phenoxy) is 1. The van der Waals surface area contributed by atoms with Crippen LogP contribution in [0.15, 0.2) is 48.7 Å². The quantitative estimate of drug-likeness (QED) is 0.556. The molecule has 3 rings (SSSR count). The summed E-state index contributed by atoms with van der Waals surface area (Å²) >= 11 is 5.88. The number of nitrogens with one attached hydrogen (secondary N) is 1. The molecule has 1 aromatic heterocycles. The Morgan fingerprint density at radius 3 is 2.41 bits per heavy atom. The summed E-state index contributed by atoms with van der Waals surface area (Å²) < 4.78 is 46.5. The molecule has 0 aliphatic carbocycles. The van der Waals surface area contributed by atoms with Crippen LogP contribution in [0.2, 0.25) is 5.02 Å². The van der Waals surface area contributed by atoms with Crippen LogP contribution in [-0.2, 0) is 16.0 Å². The number of rotatable bonds is 6. The molecule has 0 spiro atoms. The summed E-state index contributed by atoms with van der Waals surface area (Å²) in [5, 5.41) is 2.45. The van der Waals surface area contributed by atoms with E-state index in [1.165, 1.54) is 43.5 Å². The van der Waals surface area contributed by atoms with Crippen molar-refractivity contribution in [1.29, 1.82) is 0 Å². The van der Waals surface area contributed by atoms with Crippen molar-refractivity contribution in [2.24, 2.45) is 0 Å². The molecule has 0 fully saturated rings. The topological polar surface area (TPSA) is 71.5 Å². The number of benzene rings is 2. The third-order valence-electron chi connectivity index (χ3n) is 4.40. The summed E-state index contributed by atoms with van der Waals surface area (Å²) in [6.45, 7) is 1.19. The zero-order valence-corrected chi connectivity index (χ0v) is 17.7. The highest BCUT2D eigenvalue weighted by atomic mass is 35.5. The first kappa shape index (κ1) is 23.1. The fraction of sp³-hybridized carbons (Fsp3) is 0.136. The van der Waals surface area contributed by atoms with Gasteiger partial charge in [0.05, 0.1) is 24.2 Å². The number of nitrogens with zero attached hydrogens (tertiary/aromatic N) is 2. The monoisotopic (exact) mass is 463 g/mol. The van der Waals surface area contributed by atoms with Crippen LogP contribution in [0.4, 0.5) is 30.4 Å². The number of methoxy groups -OCH3 is 1. The van der Waals surface area contributed by atoms with E-state index in [-0.39, 0.29) is 28.6 Å². The number of hydrogen-bond acceptors (Lipinski definition) is 4. The number of anilines is 3. The number of carbonyl (C=O) groups excluding carboxylic acids is 2. The minimum Gasteiger partial charge on any atom is -0.491 e. The van der Waals surface area contributed by atoms with Crippen molar-refractivity contribution in [2.45, 2.75) is 13.3 Å². The van der Waals surface area contributed by atoms with E-state index in [1.54, 1.807) is 0 Å². The van der Waals surface area contributed by atoms with Crippen molar-refractivity contribution in [3.8, 4) is 5.75 Å². The van der Waals surface area contributed by atoms with Crippen LogP contribution >= 0.6 is 11.6 Å². The van der Waals surface area contributed by atoms with Gasteiger partial charge in [-0.05, 0) is 17.7 Å². The van der Waals surface area contributed by atoms with Crippen molar-refractivity contribution in [2.75, 3.05) is 17.3 Å². The highest BCUT2D eigenvalue weighted by molar-refractivity contribution is 6.31. The molecular formula is C22H17ClF3N3O3. The Kier molecular flexibility index (Phi) is 6.99. The molecule has 0 saturated heterocycles. The molecule has 0 radical (unpaired) electrons. The summed E-state index contributed by atoms with van der Waals surface area (Å²) in [4.78, 5) is 29.7. The van der Waals surface area contributed by atoms with E-state index in [2.05, 4.69) is 15.0 Å². The zero-order chi connectivity index (χ0) is 23.4. The van der Waals surface area contributed by atoms with E-state index in [0.29, 0.717) is 5.56 Å². The number of halogens is 4. The highest BCUT2D eigenvalue weighted by Crippen LogP contribution is 2.32. The Morgan fingerprint density at radius 1 is 1.09 bits per heavy atom. The van der Waals surface area contributed by atoms with Crippen LogP contribution < -0.4 is 15.0 Å². The Hall–Kier alpha value is -3.59. The van der Waals surface area contributed by atoms with Gasteiger partial charge < -0.3 is 10.1 Å². The lowest BCUT2D eigenvalue weighted by Crippen LogP contribution is -2.24. The summed E-state index contributed by atoms with van der Waals surface area (Å²) in [5.41, 5.74) is 0.442. The molecule has 3 aromatic rings. The van der Waals surface area contributed by atoms with Gasteiger partial charge >= 0.3 is 0 Å². The van der Waals surface area contributed by atoms with E-state index in [0.717, 1.165) is 24.1 Å².